The molecule has 4 nitrogen and oxygen atoms in total. The van der Waals surface area contributed by atoms with Gasteiger partial charge in [0.2, 0.25) is 0 Å². The Bertz CT molecular complexity index is 701. The molecule has 0 radical (unpaired) electrons. The molecule has 2 aromatic carbocycles. The van der Waals surface area contributed by atoms with Gasteiger partial charge in [-0.3, -0.25) is 0 Å². The number of rotatable bonds is 5. The molecule has 0 aliphatic heterocycles. The molecule has 0 heterocycles. The van der Waals surface area contributed by atoms with Crippen molar-refractivity contribution >= 4 is 22.8 Å². The van der Waals surface area contributed by atoms with Crippen LogP contribution in [0.3, 0.4) is 0 Å². The van der Waals surface area contributed by atoms with Crippen LogP contribution in [0.5, 0.6) is 11.5 Å². The Labute approximate surface area is 123 Å². The van der Waals surface area contributed by atoms with Crippen molar-refractivity contribution < 1.29 is 19.4 Å². The number of ether oxygens (including phenoxy) is 2. The van der Waals surface area contributed by atoms with Crippen molar-refractivity contribution in [3.63, 3.8) is 0 Å². The molecule has 0 atom stereocenters. The highest BCUT2D eigenvalue weighted by Crippen LogP contribution is 2.37. The molecule has 0 aromatic heterocycles. The number of aliphatic carboxylic acids is 1. The lowest BCUT2D eigenvalue weighted by Gasteiger charge is -2.13. The number of fused-ring (bicyclic) bond motifs is 1. The van der Waals surface area contributed by atoms with Gasteiger partial charge in [-0.1, -0.05) is 31.2 Å². The first-order valence-corrected chi connectivity index (χ1v) is 6.70. The second-order valence-electron chi connectivity index (χ2n) is 4.58. The largest absolute Gasteiger partial charge is 0.496 e. The molecule has 21 heavy (non-hydrogen) atoms. The van der Waals surface area contributed by atoms with E-state index in [2.05, 4.69) is 0 Å². The van der Waals surface area contributed by atoms with E-state index in [0.717, 1.165) is 10.8 Å². The number of hydrogen-bond acceptors (Lipinski definition) is 3. The van der Waals surface area contributed by atoms with E-state index in [-0.39, 0.29) is 0 Å². The smallest absolute Gasteiger partial charge is 0.331 e. The summed E-state index contributed by atoms with van der Waals surface area (Å²) < 4.78 is 10.9. The number of carboxylic acid groups (broad SMARTS) is 1. The van der Waals surface area contributed by atoms with E-state index >= 15 is 0 Å². The first kappa shape index (κ1) is 14.9. The predicted octanol–water partition coefficient (Wildman–Crippen LogP) is 3.74. The third-order valence-electron chi connectivity index (χ3n) is 3.40. The Hall–Kier alpha value is -2.49. The summed E-state index contributed by atoms with van der Waals surface area (Å²) in [5.41, 5.74) is 1.03. The second kappa shape index (κ2) is 6.31. The zero-order valence-electron chi connectivity index (χ0n) is 12.3. The van der Waals surface area contributed by atoms with E-state index in [0.29, 0.717) is 29.1 Å². The molecule has 2 aromatic rings. The van der Waals surface area contributed by atoms with Crippen molar-refractivity contribution in [3.05, 3.63) is 41.5 Å². The zero-order valence-corrected chi connectivity index (χ0v) is 12.3. The predicted molar refractivity (Wildman–Crippen MR) is 83.0 cm³/mol. The standard InChI is InChI=1S/C17H18O4/c1-4-11(17(18)19)9-12-10-15(20-2)13-7-5-6-8-14(13)16(12)21-3/h5-10H,4H2,1-3H3,(H,18,19)/b11-9-. The molecule has 0 aliphatic carbocycles. The van der Waals surface area contributed by atoms with Gasteiger partial charge in [-0.25, -0.2) is 4.79 Å². The lowest BCUT2D eigenvalue weighted by Crippen LogP contribution is -2.00. The zero-order chi connectivity index (χ0) is 15.4. The fourth-order valence-electron chi connectivity index (χ4n) is 2.34. The van der Waals surface area contributed by atoms with Crippen molar-refractivity contribution in [1.82, 2.24) is 0 Å². The van der Waals surface area contributed by atoms with Crippen LogP contribution in [-0.2, 0) is 4.79 Å². The molecular weight excluding hydrogens is 268 g/mol. The maximum atomic E-state index is 11.2. The van der Waals surface area contributed by atoms with Crippen LogP contribution in [0.2, 0.25) is 0 Å². The minimum Gasteiger partial charge on any atom is -0.496 e. The van der Waals surface area contributed by atoms with E-state index in [1.54, 1.807) is 26.4 Å². The Balaban J connectivity index is 2.77. The van der Waals surface area contributed by atoms with Crippen LogP contribution in [0, 0.1) is 0 Å². The van der Waals surface area contributed by atoms with Crippen LogP contribution in [0.15, 0.2) is 35.9 Å². The van der Waals surface area contributed by atoms with Gasteiger partial charge >= 0.3 is 5.97 Å². The second-order valence-corrected chi connectivity index (χ2v) is 4.58. The normalized spacial score (nSPS) is 11.5. The Morgan fingerprint density at radius 2 is 1.86 bits per heavy atom. The first-order chi connectivity index (χ1) is 10.1. The Kier molecular flexibility index (Phi) is 4.48. The van der Waals surface area contributed by atoms with E-state index in [1.807, 2.05) is 31.2 Å². The van der Waals surface area contributed by atoms with E-state index < -0.39 is 5.97 Å². The molecule has 0 aliphatic rings. The van der Waals surface area contributed by atoms with Gasteiger partial charge in [-0.05, 0) is 18.6 Å². The molecule has 1 N–H and O–H groups in total. The third kappa shape index (κ3) is 2.84. The molecule has 0 bridgehead atoms. The van der Waals surface area contributed by atoms with Gasteiger partial charge in [0.05, 0.1) is 14.2 Å². The van der Waals surface area contributed by atoms with Crippen molar-refractivity contribution in [1.29, 1.82) is 0 Å². The van der Waals surface area contributed by atoms with E-state index in [1.165, 1.54) is 0 Å². The SMILES string of the molecule is CC/C(=C/c1cc(OC)c2ccccc2c1OC)C(=O)O. The van der Waals surface area contributed by atoms with E-state index in [9.17, 15) is 9.90 Å². The molecular formula is C17H18O4. The van der Waals surface area contributed by atoms with Crippen LogP contribution in [0.25, 0.3) is 16.8 Å². The van der Waals surface area contributed by atoms with Crippen LogP contribution in [0.1, 0.15) is 18.9 Å². The van der Waals surface area contributed by atoms with Crippen LogP contribution in [0.4, 0.5) is 0 Å². The van der Waals surface area contributed by atoms with Crippen LogP contribution < -0.4 is 9.47 Å². The monoisotopic (exact) mass is 286 g/mol. The highest BCUT2D eigenvalue weighted by molar-refractivity contribution is 5.99. The van der Waals surface area contributed by atoms with Crippen LogP contribution >= 0.6 is 0 Å². The quantitative estimate of drug-likeness (QED) is 0.851. The molecule has 0 amide bonds. The summed E-state index contributed by atoms with van der Waals surface area (Å²) >= 11 is 0. The highest BCUT2D eigenvalue weighted by Gasteiger charge is 2.13. The van der Waals surface area contributed by atoms with Gasteiger partial charge in [0.1, 0.15) is 11.5 Å². The number of benzene rings is 2. The fourth-order valence-corrected chi connectivity index (χ4v) is 2.34. The molecule has 4 heteroatoms. The molecule has 0 saturated carbocycles. The minimum absolute atomic E-state index is 0.325. The summed E-state index contributed by atoms with van der Waals surface area (Å²) in [6.07, 6.45) is 2.07. The Morgan fingerprint density at radius 1 is 1.19 bits per heavy atom. The van der Waals surface area contributed by atoms with Crippen molar-refractivity contribution in [2.24, 2.45) is 0 Å². The molecule has 0 fully saturated rings. The number of carboxylic acids is 1. The summed E-state index contributed by atoms with van der Waals surface area (Å²) in [5.74, 6) is 0.420. The van der Waals surface area contributed by atoms with Gasteiger partial charge in [-0.15, -0.1) is 0 Å². The van der Waals surface area contributed by atoms with Gasteiger partial charge in [-0.2, -0.15) is 0 Å². The fraction of sp³-hybridized carbons (Fsp3) is 0.235. The maximum absolute atomic E-state index is 11.2. The van der Waals surface area contributed by atoms with Crippen molar-refractivity contribution in [2.75, 3.05) is 14.2 Å². The number of methoxy groups -OCH3 is 2. The van der Waals surface area contributed by atoms with Gasteiger partial charge in [0.25, 0.3) is 0 Å². The van der Waals surface area contributed by atoms with Crippen molar-refractivity contribution in [2.45, 2.75) is 13.3 Å². The van der Waals surface area contributed by atoms with Gasteiger partial charge in [0, 0.05) is 21.9 Å². The summed E-state index contributed by atoms with van der Waals surface area (Å²) in [6, 6.07) is 9.52. The lowest BCUT2D eigenvalue weighted by molar-refractivity contribution is -0.132. The average molecular weight is 286 g/mol. The third-order valence-corrected chi connectivity index (χ3v) is 3.40. The topological polar surface area (TPSA) is 55.8 Å². The van der Waals surface area contributed by atoms with E-state index in [4.69, 9.17) is 9.47 Å². The van der Waals surface area contributed by atoms with Crippen LogP contribution in [-0.4, -0.2) is 25.3 Å². The molecule has 2 rings (SSSR count). The molecule has 0 saturated heterocycles. The highest BCUT2D eigenvalue weighted by atomic mass is 16.5. The summed E-state index contributed by atoms with van der Waals surface area (Å²) in [5, 5.41) is 11.0. The van der Waals surface area contributed by atoms with Crippen molar-refractivity contribution in [3.8, 4) is 11.5 Å². The van der Waals surface area contributed by atoms with Gasteiger partial charge in [0.15, 0.2) is 0 Å². The number of carbonyl (C=O) groups is 1. The molecule has 0 unspecified atom stereocenters. The first-order valence-electron chi connectivity index (χ1n) is 6.70. The molecule has 110 valence electrons. The summed E-state index contributed by atoms with van der Waals surface area (Å²) in [6.45, 7) is 1.81. The summed E-state index contributed by atoms with van der Waals surface area (Å²) in [4.78, 5) is 11.2. The minimum atomic E-state index is -0.924. The lowest BCUT2D eigenvalue weighted by atomic mass is 10.0. The Morgan fingerprint density at radius 3 is 2.38 bits per heavy atom. The van der Waals surface area contributed by atoms with Gasteiger partial charge < -0.3 is 14.6 Å². The average Bonchev–Trinajstić information content (AvgIpc) is 2.51. The molecule has 0 spiro atoms. The maximum Gasteiger partial charge on any atom is 0.331 e. The number of hydrogen-bond donors (Lipinski definition) is 1. The summed E-state index contributed by atoms with van der Waals surface area (Å²) in [7, 11) is 3.18.